The van der Waals surface area contributed by atoms with Crippen molar-refractivity contribution in [3.63, 3.8) is 0 Å². The van der Waals surface area contributed by atoms with Crippen molar-refractivity contribution in [1.82, 2.24) is 4.98 Å². The standard InChI is InChI=1S/C14H12FNO/c1-3-12(17)8-11-5-4-10-6-9(2)7-13(15)14(10)16-11/h1,4-7,12,17H,8H2,2H3. The second kappa shape index (κ2) is 4.52. The Morgan fingerprint density at radius 2 is 2.24 bits per heavy atom. The number of rotatable bonds is 2. The highest BCUT2D eigenvalue weighted by Crippen LogP contribution is 2.18. The fraction of sp³-hybridized carbons (Fsp3) is 0.214. The van der Waals surface area contributed by atoms with E-state index in [2.05, 4.69) is 10.9 Å². The smallest absolute Gasteiger partial charge is 0.149 e. The molecule has 0 amide bonds. The summed E-state index contributed by atoms with van der Waals surface area (Å²) in [6.45, 7) is 1.83. The zero-order valence-corrected chi connectivity index (χ0v) is 9.44. The van der Waals surface area contributed by atoms with Gasteiger partial charge < -0.3 is 5.11 Å². The van der Waals surface area contributed by atoms with Crippen molar-refractivity contribution < 1.29 is 9.50 Å². The van der Waals surface area contributed by atoms with Crippen LogP contribution < -0.4 is 0 Å². The van der Waals surface area contributed by atoms with Gasteiger partial charge in [-0.3, -0.25) is 0 Å². The van der Waals surface area contributed by atoms with E-state index in [-0.39, 0.29) is 12.2 Å². The molecule has 1 heterocycles. The summed E-state index contributed by atoms with van der Waals surface area (Å²) in [7, 11) is 0. The van der Waals surface area contributed by atoms with Crippen LogP contribution >= 0.6 is 0 Å². The van der Waals surface area contributed by atoms with Gasteiger partial charge in [-0.15, -0.1) is 6.42 Å². The lowest BCUT2D eigenvalue weighted by molar-refractivity contribution is 0.232. The van der Waals surface area contributed by atoms with Crippen molar-refractivity contribution in [3.8, 4) is 12.3 Å². The highest BCUT2D eigenvalue weighted by Gasteiger charge is 2.07. The van der Waals surface area contributed by atoms with Crippen molar-refractivity contribution in [2.75, 3.05) is 0 Å². The van der Waals surface area contributed by atoms with Gasteiger partial charge in [0.2, 0.25) is 0 Å². The quantitative estimate of drug-likeness (QED) is 0.801. The molecule has 0 fully saturated rings. The van der Waals surface area contributed by atoms with E-state index in [0.717, 1.165) is 10.9 Å². The number of hydrogen-bond donors (Lipinski definition) is 1. The first-order chi connectivity index (χ1) is 8.10. The highest BCUT2D eigenvalue weighted by molar-refractivity contribution is 5.80. The Morgan fingerprint density at radius 3 is 2.94 bits per heavy atom. The summed E-state index contributed by atoms with van der Waals surface area (Å²) in [4.78, 5) is 4.17. The molecule has 2 nitrogen and oxygen atoms in total. The van der Waals surface area contributed by atoms with Crippen LogP contribution in [0.1, 0.15) is 11.3 Å². The topological polar surface area (TPSA) is 33.1 Å². The molecule has 0 aliphatic carbocycles. The Labute approximate surface area is 99.1 Å². The number of aliphatic hydroxyl groups is 1. The van der Waals surface area contributed by atoms with Gasteiger partial charge in [0.15, 0.2) is 0 Å². The number of nitrogens with zero attached hydrogens (tertiary/aromatic N) is 1. The van der Waals surface area contributed by atoms with Crippen LogP contribution in [-0.2, 0) is 6.42 Å². The summed E-state index contributed by atoms with van der Waals surface area (Å²) < 4.78 is 13.7. The van der Waals surface area contributed by atoms with Crippen molar-refractivity contribution in [2.45, 2.75) is 19.4 Å². The number of pyridine rings is 1. The summed E-state index contributed by atoms with van der Waals surface area (Å²) in [5, 5.41) is 10.1. The maximum atomic E-state index is 13.7. The van der Waals surface area contributed by atoms with Gasteiger partial charge in [-0.2, -0.15) is 0 Å². The first kappa shape index (κ1) is 11.6. The Balaban J connectivity index is 2.47. The first-order valence-corrected chi connectivity index (χ1v) is 5.30. The number of aliphatic hydroxyl groups excluding tert-OH is 1. The summed E-state index contributed by atoms with van der Waals surface area (Å²) in [6, 6.07) is 6.85. The minimum Gasteiger partial charge on any atom is -0.380 e. The van der Waals surface area contributed by atoms with E-state index >= 15 is 0 Å². The Hall–Kier alpha value is -1.92. The van der Waals surface area contributed by atoms with E-state index in [0.29, 0.717) is 11.2 Å². The number of aromatic nitrogens is 1. The lowest BCUT2D eigenvalue weighted by Gasteiger charge is -2.06. The number of halogens is 1. The fourth-order valence-electron chi connectivity index (χ4n) is 1.74. The van der Waals surface area contributed by atoms with Gasteiger partial charge in [0.05, 0.1) is 0 Å². The third-order valence-electron chi connectivity index (χ3n) is 2.54. The van der Waals surface area contributed by atoms with Crippen LogP contribution in [0.5, 0.6) is 0 Å². The number of fused-ring (bicyclic) bond motifs is 1. The molecule has 1 aromatic heterocycles. The molecular weight excluding hydrogens is 217 g/mol. The van der Waals surface area contributed by atoms with E-state index < -0.39 is 6.10 Å². The van der Waals surface area contributed by atoms with E-state index in [4.69, 9.17) is 6.42 Å². The molecule has 0 saturated heterocycles. The summed E-state index contributed by atoms with van der Waals surface area (Å²) in [5.41, 5.74) is 1.76. The molecule has 2 rings (SSSR count). The molecule has 0 saturated carbocycles. The second-order valence-corrected chi connectivity index (χ2v) is 4.01. The first-order valence-electron chi connectivity index (χ1n) is 5.30. The van der Waals surface area contributed by atoms with E-state index in [1.807, 2.05) is 13.0 Å². The monoisotopic (exact) mass is 229 g/mol. The zero-order valence-electron chi connectivity index (χ0n) is 9.44. The van der Waals surface area contributed by atoms with E-state index in [1.165, 1.54) is 6.07 Å². The molecular formula is C14H12FNO. The molecule has 0 aliphatic heterocycles. The van der Waals surface area contributed by atoms with Gasteiger partial charge in [0, 0.05) is 17.5 Å². The van der Waals surface area contributed by atoms with Crippen molar-refractivity contribution in [3.05, 3.63) is 41.3 Å². The van der Waals surface area contributed by atoms with Crippen LogP contribution in [0, 0.1) is 25.1 Å². The Bertz CT molecular complexity index is 601. The number of benzene rings is 1. The number of aryl methyl sites for hydroxylation is 1. The minimum absolute atomic E-state index is 0.236. The molecule has 86 valence electrons. The predicted molar refractivity (Wildman–Crippen MR) is 65.0 cm³/mol. The van der Waals surface area contributed by atoms with Crippen LogP contribution in [0.4, 0.5) is 4.39 Å². The molecule has 0 spiro atoms. The van der Waals surface area contributed by atoms with Gasteiger partial charge in [0.1, 0.15) is 17.4 Å². The molecule has 0 aliphatic rings. The van der Waals surface area contributed by atoms with Crippen LogP contribution in [0.15, 0.2) is 24.3 Å². The summed E-state index contributed by atoms with van der Waals surface area (Å²) in [6.07, 6.45) is 4.44. The average Bonchev–Trinajstić information content (AvgIpc) is 2.29. The van der Waals surface area contributed by atoms with Crippen LogP contribution in [0.25, 0.3) is 10.9 Å². The summed E-state index contributed by atoms with van der Waals surface area (Å²) >= 11 is 0. The number of terminal acetylenes is 1. The fourth-order valence-corrected chi connectivity index (χ4v) is 1.74. The highest BCUT2D eigenvalue weighted by atomic mass is 19.1. The lowest BCUT2D eigenvalue weighted by Crippen LogP contribution is -2.08. The molecule has 0 bridgehead atoms. The van der Waals surface area contributed by atoms with Crippen molar-refractivity contribution in [1.29, 1.82) is 0 Å². The van der Waals surface area contributed by atoms with E-state index in [9.17, 15) is 9.50 Å². The lowest BCUT2D eigenvalue weighted by atomic mass is 10.1. The normalized spacial score (nSPS) is 12.4. The van der Waals surface area contributed by atoms with Gasteiger partial charge in [-0.1, -0.05) is 12.0 Å². The third-order valence-corrected chi connectivity index (χ3v) is 2.54. The molecule has 17 heavy (non-hydrogen) atoms. The van der Waals surface area contributed by atoms with Crippen LogP contribution in [-0.4, -0.2) is 16.2 Å². The SMILES string of the molecule is C#CC(O)Cc1ccc2cc(C)cc(F)c2n1. The van der Waals surface area contributed by atoms with Gasteiger partial charge in [-0.25, -0.2) is 9.37 Å². The van der Waals surface area contributed by atoms with E-state index in [1.54, 1.807) is 12.1 Å². The van der Waals surface area contributed by atoms with Crippen molar-refractivity contribution >= 4 is 10.9 Å². The zero-order chi connectivity index (χ0) is 12.4. The Morgan fingerprint density at radius 1 is 1.47 bits per heavy atom. The van der Waals surface area contributed by atoms with Crippen LogP contribution in [0.3, 0.4) is 0 Å². The van der Waals surface area contributed by atoms with Gasteiger partial charge in [-0.05, 0) is 30.7 Å². The summed E-state index contributed by atoms with van der Waals surface area (Å²) in [5.74, 6) is 1.86. The van der Waals surface area contributed by atoms with Crippen molar-refractivity contribution in [2.24, 2.45) is 0 Å². The maximum absolute atomic E-state index is 13.7. The molecule has 1 atom stereocenters. The largest absolute Gasteiger partial charge is 0.380 e. The Kier molecular flexibility index (Phi) is 3.08. The predicted octanol–water partition coefficient (Wildman–Crippen LogP) is 2.22. The molecule has 1 N–H and O–H groups in total. The van der Waals surface area contributed by atoms with Gasteiger partial charge in [0.25, 0.3) is 0 Å². The van der Waals surface area contributed by atoms with Gasteiger partial charge >= 0.3 is 0 Å². The third kappa shape index (κ3) is 2.43. The molecule has 1 unspecified atom stereocenters. The maximum Gasteiger partial charge on any atom is 0.149 e. The number of hydrogen-bond acceptors (Lipinski definition) is 2. The molecule has 2 aromatic rings. The molecule has 1 aromatic carbocycles. The second-order valence-electron chi connectivity index (χ2n) is 4.01. The minimum atomic E-state index is -0.881. The van der Waals surface area contributed by atoms with Crippen LogP contribution in [0.2, 0.25) is 0 Å². The molecule has 0 radical (unpaired) electrons. The molecule has 3 heteroatoms. The average molecular weight is 229 g/mol.